The standard InChI is InChI=1S/C13H18O3Si/c1-10(16-17(3,4)5)11-6-8-12(9-7-11)13(14)15-2/h6-9H,1H2,2-5H3. The summed E-state index contributed by atoms with van der Waals surface area (Å²) < 4.78 is 10.4. The normalized spacial score (nSPS) is 10.8. The highest BCUT2D eigenvalue weighted by molar-refractivity contribution is 6.70. The number of benzene rings is 1. The molecule has 1 aromatic rings. The van der Waals surface area contributed by atoms with E-state index in [4.69, 9.17) is 4.43 Å². The van der Waals surface area contributed by atoms with E-state index in [1.165, 1.54) is 7.11 Å². The van der Waals surface area contributed by atoms with Gasteiger partial charge in [0.05, 0.1) is 12.7 Å². The van der Waals surface area contributed by atoms with Crippen LogP contribution in [0.25, 0.3) is 5.76 Å². The maximum absolute atomic E-state index is 11.3. The zero-order valence-corrected chi connectivity index (χ0v) is 11.7. The third-order valence-electron chi connectivity index (χ3n) is 2.06. The lowest BCUT2D eigenvalue weighted by molar-refractivity contribution is 0.0600. The fourth-order valence-electron chi connectivity index (χ4n) is 1.34. The van der Waals surface area contributed by atoms with Crippen molar-refractivity contribution in [3.63, 3.8) is 0 Å². The summed E-state index contributed by atoms with van der Waals surface area (Å²) in [6, 6.07) is 7.04. The number of hydrogen-bond donors (Lipinski definition) is 0. The topological polar surface area (TPSA) is 35.5 Å². The zero-order valence-electron chi connectivity index (χ0n) is 10.7. The van der Waals surface area contributed by atoms with E-state index in [2.05, 4.69) is 31.0 Å². The second kappa shape index (κ2) is 5.18. The number of carbonyl (C=O) groups excluding carboxylic acids is 1. The summed E-state index contributed by atoms with van der Waals surface area (Å²) in [4.78, 5) is 11.3. The predicted octanol–water partition coefficient (Wildman–Crippen LogP) is 3.30. The van der Waals surface area contributed by atoms with Crippen molar-refractivity contribution in [2.24, 2.45) is 0 Å². The van der Waals surface area contributed by atoms with E-state index in [0.29, 0.717) is 11.3 Å². The molecule has 0 fully saturated rings. The van der Waals surface area contributed by atoms with Gasteiger partial charge in [-0.1, -0.05) is 18.7 Å². The molecule has 4 heteroatoms. The van der Waals surface area contributed by atoms with Crippen molar-refractivity contribution >= 4 is 20.0 Å². The van der Waals surface area contributed by atoms with Gasteiger partial charge >= 0.3 is 5.97 Å². The van der Waals surface area contributed by atoms with Gasteiger partial charge in [-0.2, -0.15) is 0 Å². The number of ether oxygens (including phenoxy) is 1. The quantitative estimate of drug-likeness (QED) is 0.467. The lowest BCUT2D eigenvalue weighted by Crippen LogP contribution is -2.24. The second-order valence-corrected chi connectivity index (χ2v) is 9.14. The van der Waals surface area contributed by atoms with Gasteiger partial charge in [-0.3, -0.25) is 0 Å². The van der Waals surface area contributed by atoms with Gasteiger partial charge in [0.2, 0.25) is 8.32 Å². The number of carbonyl (C=O) groups is 1. The molecule has 0 aliphatic heterocycles. The summed E-state index contributed by atoms with van der Waals surface area (Å²) in [6.07, 6.45) is 0. The van der Waals surface area contributed by atoms with E-state index in [-0.39, 0.29) is 5.97 Å². The Kier molecular flexibility index (Phi) is 4.12. The second-order valence-electron chi connectivity index (χ2n) is 4.71. The lowest BCUT2D eigenvalue weighted by Gasteiger charge is -2.21. The van der Waals surface area contributed by atoms with Crippen LogP contribution in [0, 0.1) is 0 Å². The van der Waals surface area contributed by atoms with Gasteiger partial charge < -0.3 is 9.16 Å². The average molecular weight is 250 g/mol. The summed E-state index contributed by atoms with van der Waals surface area (Å²) >= 11 is 0. The minimum atomic E-state index is -1.64. The first kappa shape index (κ1) is 13.5. The number of hydrogen-bond acceptors (Lipinski definition) is 3. The molecule has 92 valence electrons. The Morgan fingerprint density at radius 3 is 2.00 bits per heavy atom. The van der Waals surface area contributed by atoms with Crippen molar-refractivity contribution in [3.05, 3.63) is 42.0 Å². The van der Waals surface area contributed by atoms with Gasteiger partial charge in [-0.15, -0.1) is 0 Å². The molecule has 0 aliphatic rings. The first-order valence-electron chi connectivity index (χ1n) is 5.40. The maximum Gasteiger partial charge on any atom is 0.337 e. The summed E-state index contributed by atoms with van der Waals surface area (Å²) in [5.74, 6) is 0.314. The molecule has 0 saturated heterocycles. The van der Waals surface area contributed by atoms with E-state index in [1.54, 1.807) is 12.1 Å². The molecule has 0 bridgehead atoms. The first-order valence-corrected chi connectivity index (χ1v) is 8.81. The Labute approximate surface area is 103 Å². The summed E-state index contributed by atoms with van der Waals surface area (Å²) in [6.45, 7) is 10.2. The van der Waals surface area contributed by atoms with Crippen LogP contribution in [0.3, 0.4) is 0 Å². The molecule has 3 nitrogen and oxygen atoms in total. The summed E-state index contributed by atoms with van der Waals surface area (Å²) in [5.41, 5.74) is 1.41. The van der Waals surface area contributed by atoms with Crippen LogP contribution in [0.2, 0.25) is 19.6 Å². The molecule has 0 atom stereocenters. The van der Waals surface area contributed by atoms with Crippen LogP contribution >= 0.6 is 0 Å². The highest BCUT2D eigenvalue weighted by atomic mass is 28.4. The van der Waals surface area contributed by atoms with Crippen LogP contribution < -0.4 is 0 Å². The fraction of sp³-hybridized carbons (Fsp3) is 0.308. The van der Waals surface area contributed by atoms with Gasteiger partial charge in [0.1, 0.15) is 5.76 Å². The smallest absolute Gasteiger partial charge is 0.337 e. The van der Waals surface area contributed by atoms with Crippen molar-refractivity contribution in [2.75, 3.05) is 7.11 Å². The Morgan fingerprint density at radius 1 is 1.12 bits per heavy atom. The molecule has 17 heavy (non-hydrogen) atoms. The monoisotopic (exact) mass is 250 g/mol. The Morgan fingerprint density at radius 2 is 1.59 bits per heavy atom. The van der Waals surface area contributed by atoms with Gasteiger partial charge in [0.15, 0.2) is 0 Å². The molecule has 0 aliphatic carbocycles. The molecule has 0 aromatic heterocycles. The largest absolute Gasteiger partial charge is 0.544 e. The van der Waals surface area contributed by atoms with Gasteiger partial charge in [0.25, 0.3) is 0 Å². The van der Waals surface area contributed by atoms with Crippen molar-refractivity contribution in [1.82, 2.24) is 0 Å². The highest BCUT2D eigenvalue weighted by Gasteiger charge is 2.17. The van der Waals surface area contributed by atoms with E-state index >= 15 is 0 Å². The Hall–Kier alpha value is -1.55. The fourth-order valence-corrected chi connectivity index (χ4v) is 2.20. The molecule has 0 radical (unpaired) electrons. The van der Waals surface area contributed by atoms with E-state index in [0.717, 1.165) is 5.56 Å². The number of methoxy groups -OCH3 is 1. The van der Waals surface area contributed by atoms with Crippen LogP contribution in [-0.2, 0) is 9.16 Å². The van der Waals surface area contributed by atoms with Crippen molar-refractivity contribution in [3.8, 4) is 0 Å². The third-order valence-corrected chi connectivity index (χ3v) is 2.92. The van der Waals surface area contributed by atoms with Crippen LogP contribution in [0.4, 0.5) is 0 Å². The SMILES string of the molecule is C=C(O[Si](C)(C)C)c1ccc(C(=O)OC)cc1. The molecule has 0 saturated carbocycles. The summed E-state index contributed by atoms with van der Waals surface area (Å²) in [5, 5.41) is 0. The van der Waals surface area contributed by atoms with E-state index in [9.17, 15) is 4.79 Å². The molecule has 1 aromatic carbocycles. The van der Waals surface area contributed by atoms with Gasteiger partial charge in [-0.25, -0.2) is 4.79 Å². The first-order chi connectivity index (χ1) is 7.83. The Balaban J connectivity index is 2.81. The van der Waals surface area contributed by atoms with Gasteiger partial charge in [0, 0.05) is 5.56 Å². The maximum atomic E-state index is 11.3. The van der Waals surface area contributed by atoms with Gasteiger partial charge in [-0.05, 0) is 31.8 Å². The minimum absolute atomic E-state index is 0.340. The molecule has 0 unspecified atom stereocenters. The van der Waals surface area contributed by atoms with Crippen LogP contribution in [0.1, 0.15) is 15.9 Å². The third kappa shape index (κ3) is 4.07. The molecule has 0 spiro atoms. The van der Waals surface area contributed by atoms with Crippen molar-refractivity contribution < 1.29 is 14.0 Å². The van der Waals surface area contributed by atoms with Crippen LogP contribution in [0.5, 0.6) is 0 Å². The van der Waals surface area contributed by atoms with Crippen LogP contribution in [-0.4, -0.2) is 21.4 Å². The van der Waals surface area contributed by atoms with E-state index < -0.39 is 8.32 Å². The average Bonchev–Trinajstić information content (AvgIpc) is 2.26. The minimum Gasteiger partial charge on any atom is -0.544 e. The highest BCUT2D eigenvalue weighted by Crippen LogP contribution is 2.19. The number of rotatable bonds is 4. The predicted molar refractivity (Wildman–Crippen MR) is 71.2 cm³/mol. The molecule has 0 N–H and O–H groups in total. The lowest BCUT2D eigenvalue weighted by atomic mass is 10.1. The summed E-state index contributed by atoms with van der Waals surface area (Å²) in [7, 11) is -0.272. The molecule has 0 heterocycles. The molecule has 1 rings (SSSR count). The van der Waals surface area contributed by atoms with E-state index in [1.807, 2.05) is 12.1 Å². The van der Waals surface area contributed by atoms with Crippen molar-refractivity contribution in [1.29, 1.82) is 0 Å². The molecular weight excluding hydrogens is 232 g/mol. The Bertz CT molecular complexity index is 415. The van der Waals surface area contributed by atoms with Crippen molar-refractivity contribution in [2.45, 2.75) is 19.6 Å². The zero-order chi connectivity index (χ0) is 13.1. The molecular formula is C13H18O3Si. The molecule has 0 amide bonds. The van der Waals surface area contributed by atoms with Crippen LogP contribution in [0.15, 0.2) is 30.8 Å². The number of esters is 1.